The van der Waals surface area contributed by atoms with Crippen molar-refractivity contribution in [1.29, 1.82) is 0 Å². The lowest BCUT2D eigenvalue weighted by molar-refractivity contribution is -0.122. The van der Waals surface area contributed by atoms with E-state index < -0.39 is 11.2 Å². The van der Waals surface area contributed by atoms with Crippen molar-refractivity contribution in [3.63, 3.8) is 0 Å². The molecule has 1 unspecified atom stereocenters. The molecule has 24 heavy (non-hydrogen) atoms. The van der Waals surface area contributed by atoms with E-state index in [1.165, 1.54) is 12.3 Å². The number of carbonyl (C=O) groups excluding carboxylic acids is 1. The van der Waals surface area contributed by atoms with Gasteiger partial charge in [-0.25, -0.2) is 4.79 Å². The number of nitrogens with zero attached hydrogens (tertiary/aromatic N) is 1. The van der Waals surface area contributed by atoms with Gasteiger partial charge in [0.2, 0.25) is 5.91 Å². The van der Waals surface area contributed by atoms with E-state index in [1.807, 2.05) is 31.2 Å². The molecule has 128 valence electrons. The van der Waals surface area contributed by atoms with Gasteiger partial charge in [-0.15, -0.1) is 0 Å². The summed E-state index contributed by atoms with van der Waals surface area (Å²) in [6.45, 7) is 1.79. The smallest absolute Gasteiger partial charge is 0.328 e. The van der Waals surface area contributed by atoms with Gasteiger partial charge in [-0.1, -0.05) is 12.1 Å². The van der Waals surface area contributed by atoms with E-state index in [1.54, 1.807) is 7.11 Å². The van der Waals surface area contributed by atoms with Crippen molar-refractivity contribution < 1.29 is 9.53 Å². The zero-order valence-electron chi connectivity index (χ0n) is 13.7. The molecule has 2 aromatic rings. The van der Waals surface area contributed by atoms with Crippen LogP contribution in [0.2, 0.25) is 0 Å². The summed E-state index contributed by atoms with van der Waals surface area (Å²) in [6.07, 6.45) is 2.91. The zero-order valence-corrected chi connectivity index (χ0v) is 13.7. The van der Waals surface area contributed by atoms with Crippen LogP contribution in [-0.4, -0.2) is 28.6 Å². The normalized spacial score (nSPS) is 11.8. The Morgan fingerprint density at radius 2 is 1.96 bits per heavy atom. The van der Waals surface area contributed by atoms with Crippen LogP contribution in [0.25, 0.3) is 0 Å². The molecule has 1 aromatic carbocycles. The van der Waals surface area contributed by atoms with E-state index in [9.17, 15) is 14.4 Å². The third-order valence-electron chi connectivity index (χ3n) is 3.64. The number of methoxy groups -OCH3 is 1. The molecule has 1 amide bonds. The lowest BCUT2D eigenvalue weighted by atomic mass is 10.1. The van der Waals surface area contributed by atoms with Crippen molar-refractivity contribution >= 4 is 5.91 Å². The predicted molar refractivity (Wildman–Crippen MR) is 90.2 cm³/mol. The molecule has 1 aromatic heterocycles. The summed E-state index contributed by atoms with van der Waals surface area (Å²) in [5.74, 6) is 0.540. The fraction of sp³-hybridized carbons (Fsp3) is 0.353. The average molecular weight is 331 g/mol. The lowest BCUT2D eigenvalue weighted by Gasteiger charge is -2.14. The number of H-pyrrole nitrogens is 1. The molecule has 0 spiro atoms. The number of amides is 1. The van der Waals surface area contributed by atoms with Gasteiger partial charge in [-0.2, -0.15) is 0 Å². The Morgan fingerprint density at radius 1 is 1.25 bits per heavy atom. The van der Waals surface area contributed by atoms with Gasteiger partial charge in [0, 0.05) is 18.3 Å². The maximum Gasteiger partial charge on any atom is 0.328 e. The third kappa shape index (κ3) is 5.12. The molecule has 7 heteroatoms. The Hall–Kier alpha value is -2.83. The first-order valence-corrected chi connectivity index (χ1v) is 7.70. The highest BCUT2D eigenvalue weighted by molar-refractivity contribution is 5.75. The van der Waals surface area contributed by atoms with Gasteiger partial charge in [0.05, 0.1) is 7.11 Å². The lowest BCUT2D eigenvalue weighted by Crippen LogP contribution is -2.39. The van der Waals surface area contributed by atoms with E-state index in [2.05, 4.69) is 10.3 Å². The minimum absolute atomic E-state index is 0.0296. The highest BCUT2D eigenvalue weighted by Crippen LogP contribution is 2.13. The van der Waals surface area contributed by atoms with Crippen LogP contribution in [0.1, 0.15) is 18.9 Å². The average Bonchev–Trinajstić information content (AvgIpc) is 2.56. The van der Waals surface area contributed by atoms with Crippen LogP contribution in [-0.2, 0) is 17.8 Å². The van der Waals surface area contributed by atoms with Crippen LogP contribution in [0.15, 0.2) is 46.1 Å². The van der Waals surface area contributed by atoms with E-state index in [4.69, 9.17) is 4.74 Å². The molecule has 0 saturated carbocycles. The topological polar surface area (TPSA) is 93.2 Å². The molecule has 0 aliphatic heterocycles. The number of rotatable bonds is 7. The van der Waals surface area contributed by atoms with E-state index in [0.29, 0.717) is 0 Å². The summed E-state index contributed by atoms with van der Waals surface area (Å²) in [4.78, 5) is 36.6. The minimum atomic E-state index is -0.594. The molecule has 2 rings (SSSR count). The molecule has 0 aliphatic carbocycles. The second-order valence-electron chi connectivity index (χ2n) is 5.59. The van der Waals surface area contributed by atoms with E-state index in [-0.39, 0.29) is 18.5 Å². The third-order valence-corrected chi connectivity index (χ3v) is 3.64. The quantitative estimate of drug-likeness (QED) is 0.780. The number of nitrogens with one attached hydrogen (secondary N) is 2. The summed E-state index contributed by atoms with van der Waals surface area (Å²) in [7, 11) is 1.63. The Bertz CT molecular complexity index is 792. The van der Waals surface area contributed by atoms with Crippen LogP contribution < -0.4 is 21.3 Å². The van der Waals surface area contributed by atoms with Gasteiger partial charge in [0.1, 0.15) is 12.3 Å². The maximum atomic E-state index is 12.0. The highest BCUT2D eigenvalue weighted by atomic mass is 16.5. The first kappa shape index (κ1) is 17.5. The summed E-state index contributed by atoms with van der Waals surface area (Å²) < 4.78 is 6.27. The Balaban J connectivity index is 1.82. The van der Waals surface area contributed by atoms with Crippen LogP contribution >= 0.6 is 0 Å². The zero-order chi connectivity index (χ0) is 17.5. The number of carbonyl (C=O) groups is 1. The summed E-state index contributed by atoms with van der Waals surface area (Å²) in [5.41, 5.74) is 0.0850. The maximum absolute atomic E-state index is 12.0. The molecule has 2 N–H and O–H groups in total. The number of hydrogen-bond acceptors (Lipinski definition) is 4. The number of aromatic amines is 1. The predicted octanol–water partition coefficient (Wildman–Crippen LogP) is 0.683. The first-order valence-electron chi connectivity index (χ1n) is 7.70. The Labute approximate surface area is 139 Å². The molecule has 7 nitrogen and oxygen atoms in total. The largest absolute Gasteiger partial charge is 0.497 e. The molecular formula is C17H21N3O4. The Kier molecular flexibility index (Phi) is 5.95. The molecule has 1 heterocycles. The highest BCUT2D eigenvalue weighted by Gasteiger charge is 2.09. The first-order chi connectivity index (χ1) is 11.5. The molecule has 0 fully saturated rings. The summed E-state index contributed by atoms with van der Waals surface area (Å²) in [6, 6.07) is 8.98. The SMILES string of the molecule is COc1ccc(CCC(C)NC(=O)Cn2ccc(=O)[nH]c2=O)cc1. The van der Waals surface area contributed by atoms with Gasteiger partial charge >= 0.3 is 5.69 Å². The van der Waals surface area contributed by atoms with Crippen molar-refractivity contribution in [3.05, 3.63) is 62.9 Å². The molecule has 0 saturated heterocycles. The minimum Gasteiger partial charge on any atom is -0.497 e. The van der Waals surface area contributed by atoms with Crippen LogP contribution in [0, 0.1) is 0 Å². The van der Waals surface area contributed by atoms with Crippen molar-refractivity contribution in [2.45, 2.75) is 32.4 Å². The van der Waals surface area contributed by atoms with Gasteiger partial charge in [0.25, 0.3) is 5.56 Å². The van der Waals surface area contributed by atoms with Crippen molar-refractivity contribution in [2.75, 3.05) is 7.11 Å². The van der Waals surface area contributed by atoms with Crippen molar-refractivity contribution in [3.8, 4) is 5.75 Å². The van der Waals surface area contributed by atoms with Crippen LogP contribution in [0.3, 0.4) is 0 Å². The molecule has 0 bridgehead atoms. The molecule has 0 aliphatic rings. The van der Waals surface area contributed by atoms with Crippen LogP contribution in [0.5, 0.6) is 5.75 Å². The van der Waals surface area contributed by atoms with Gasteiger partial charge in [-0.3, -0.25) is 19.1 Å². The van der Waals surface area contributed by atoms with Crippen LogP contribution in [0.4, 0.5) is 0 Å². The molecular weight excluding hydrogens is 310 g/mol. The number of aryl methyl sites for hydroxylation is 1. The van der Waals surface area contributed by atoms with Crippen molar-refractivity contribution in [2.24, 2.45) is 0 Å². The number of benzene rings is 1. The second-order valence-corrected chi connectivity index (χ2v) is 5.59. The second kappa shape index (κ2) is 8.14. The fourth-order valence-electron chi connectivity index (χ4n) is 2.29. The monoisotopic (exact) mass is 331 g/mol. The van der Waals surface area contributed by atoms with E-state index >= 15 is 0 Å². The van der Waals surface area contributed by atoms with Gasteiger partial charge in [-0.05, 0) is 37.5 Å². The number of ether oxygens (including phenoxy) is 1. The molecule has 1 atom stereocenters. The van der Waals surface area contributed by atoms with Gasteiger partial charge in [0.15, 0.2) is 0 Å². The summed E-state index contributed by atoms with van der Waals surface area (Å²) in [5, 5.41) is 2.85. The molecule has 0 radical (unpaired) electrons. The standard InChI is InChI=1S/C17H21N3O4/c1-12(3-4-13-5-7-14(24-2)8-6-13)18-16(22)11-20-10-9-15(21)19-17(20)23/h5-10,12H,3-4,11H2,1-2H3,(H,18,22)(H,19,21,23). The number of hydrogen-bond donors (Lipinski definition) is 2. The Morgan fingerprint density at radius 3 is 2.58 bits per heavy atom. The fourth-order valence-corrected chi connectivity index (χ4v) is 2.29. The van der Waals surface area contributed by atoms with Gasteiger partial charge < -0.3 is 10.1 Å². The number of aromatic nitrogens is 2. The van der Waals surface area contributed by atoms with E-state index in [0.717, 1.165) is 28.7 Å². The summed E-state index contributed by atoms with van der Waals surface area (Å²) >= 11 is 0. The van der Waals surface area contributed by atoms with Crippen molar-refractivity contribution in [1.82, 2.24) is 14.9 Å².